The van der Waals surface area contributed by atoms with Gasteiger partial charge < -0.3 is 0 Å². The summed E-state index contributed by atoms with van der Waals surface area (Å²) in [5.74, 6) is 0. The molecule has 0 atom stereocenters. The van der Waals surface area contributed by atoms with Gasteiger partial charge in [-0.15, -0.1) is 0 Å². The minimum absolute atomic E-state index is 1.11. The Balaban J connectivity index is 2.55. The van der Waals surface area contributed by atoms with Crippen LogP contribution in [0, 0.1) is 0 Å². The van der Waals surface area contributed by atoms with Gasteiger partial charge in [0.05, 0.1) is 12.6 Å². The fourth-order valence-corrected chi connectivity index (χ4v) is 1.26. The third-order valence-corrected chi connectivity index (χ3v) is 1.79. The Morgan fingerprint density at radius 1 is 1.25 bits per heavy atom. The maximum absolute atomic E-state index is 4.81. The predicted octanol–water partition coefficient (Wildman–Crippen LogP) is 1.75. The average Bonchev–Trinajstić information content (AvgIpc) is 2.50. The SMILES string of the molecule is CONn1ccc2ccccc21. The van der Waals surface area contributed by atoms with E-state index in [0.29, 0.717) is 0 Å². The van der Waals surface area contributed by atoms with Crippen LogP contribution in [-0.2, 0) is 4.84 Å². The highest BCUT2D eigenvalue weighted by molar-refractivity contribution is 5.80. The van der Waals surface area contributed by atoms with Gasteiger partial charge in [0, 0.05) is 11.6 Å². The number of hydrogen-bond acceptors (Lipinski definition) is 2. The lowest BCUT2D eigenvalue weighted by Gasteiger charge is -2.04. The highest BCUT2D eigenvalue weighted by Crippen LogP contribution is 2.12. The van der Waals surface area contributed by atoms with Crippen LogP contribution in [0.2, 0.25) is 0 Å². The van der Waals surface area contributed by atoms with Crippen LogP contribution in [0.15, 0.2) is 36.5 Å². The van der Waals surface area contributed by atoms with Gasteiger partial charge in [-0.25, -0.2) is 10.3 Å². The van der Waals surface area contributed by atoms with Crippen LogP contribution in [0.5, 0.6) is 0 Å². The van der Waals surface area contributed by atoms with E-state index in [1.54, 1.807) is 7.11 Å². The Bertz CT molecular complexity index is 381. The van der Waals surface area contributed by atoms with Crippen LogP contribution >= 0.6 is 0 Å². The number of aromatic nitrogens is 1. The molecule has 3 heteroatoms. The number of fused-ring (bicyclic) bond motifs is 1. The molecule has 1 aromatic heterocycles. The molecule has 0 saturated carbocycles. The van der Waals surface area contributed by atoms with E-state index < -0.39 is 0 Å². The van der Waals surface area contributed by atoms with Gasteiger partial charge in [0.2, 0.25) is 0 Å². The Kier molecular flexibility index (Phi) is 1.72. The molecule has 0 amide bonds. The molecule has 0 bridgehead atoms. The van der Waals surface area contributed by atoms with Gasteiger partial charge >= 0.3 is 0 Å². The number of nitrogens with one attached hydrogen (secondary N) is 1. The van der Waals surface area contributed by atoms with Crippen molar-refractivity contribution in [3.05, 3.63) is 36.5 Å². The number of benzene rings is 1. The Morgan fingerprint density at radius 3 is 2.92 bits per heavy atom. The first-order valence-electron chi connectivity index (χ1n) is 3.77. The van der Waals surface area contributed by atoms with E-state index in [4.69, 9.17) is 4.84 Å². The van der Waals surface area contributed by atoms with Crippen LogP contribution in [0.3, 0.4) is 0 Å². The summed E-state index contributed by atoms with van der Waals surface area (Å²) in [6.45, 7) is 0. The third kappa shape index (κ3) is 1.04. The molecule has 1 heterocycles. The van der Waals surface area contributed by atoms with E-state index in [9.17, 15) is 0 Å². The lowest BCUT2D eigenvalue weighted by Crippen LogP contribution is -2.10. The second-order valence-electron chi connectivity index (χ2n) is 2.54. The topological polar surface area (TPSA) is 26.2 Å². The van der Waals surface area contributed by atoms with Gasteiger partial charge in [-0.3, -0.25) is 4.84 Å². The lowest BCUT2D eigenvalue weighted by atomic mass is 10.3. The third-order valence-electron chi connectivity index (χ3n) is 1.79. The first kappa shape index (κ1) is 7.18. The number of hydrogen-bond donors (Lipinski definition) is 1. The zero-order valence-electron chi connectivity index (χ0n) is 6.82. The van der Waals surface area contributed by atoms with Gasteiger partial charge in [-0.05, 0) is 12.1 Å². The molecule has 2 rings (SSSR count). The van der Waals surface area contributed by atoms with E-state index in [1.165, 1.54) is 5.39 Å². The molecule has 0 aliphatic heterocycles. The molecule has 0 radical (unpaired) electrons. The largest absolute Gasteiger partial charge is 0.264 e. The minimum Gasteiger partial charge on any atom is -0.264 e. The summed E-state index contributed by atoms with van der Waals surface area (Å²) in [5, 5.41) is 1.20. The maximum Gasteiger partial charge on any atom is 0.0715 e. The van der Waals surface area contributed by atoms with E-state index in [1.807, 2.05) is 35.1 Å². The number of para-hydroxylation sites is 1. The van der Waals surface area contributed by atoms with Crippen molar-refractivity contribution in [1.82, 2.24) is 4.68 Å². The molecule has 0 saturated heterocycles. The molecule has 0 unspecified atom stereocenters. The van der Waals surface area contributed by atoms with E-state index in [2.05, 4.69) is 11.7 Å². The highest BCUT2D eigenvalue weighted by Gasteiger charge is 1.96. The quantitative estimate of drug-likeness (QED) is 0.681. The van der Waals surface area contributed by atoms with Crippen LogP contribution in [-0.4, -0.2) is 11.8 Å². The summed E-state index contributed by atoms with van der Waals surface area (Å²) >= 11 is 0. The molecule has 1 aromatic carbocycles. The van der Waals surface area contributed by atoms with E-state index >= 15 is 0 Å². The molecule has 0 aliphatic carbocycles. The number of rotatable bonds is 2. The van der Waals surface area contributed by atoms with Crippen LogP contribution in [0.4, 0.5) is 0 Å². The van der Waals surface area contributed by atoms with E-state index in [-0.39, 0.29) is 0 Å². The van der Waals surface area contributed by atoms with Gasteiger partial charge in [0.25, 0.3) is 0 Å². The fraction of sp³-hybridized carbons (Fsp3) is 0.111. The molecule has 2 aromatic rings. The van der Waals surface area contributed by atoms with Crippen LogP contribution in [0.25, 0.3) is 10.9 Å². The highest BCUT2D eigenvalue weighted by atomic mass is 16.7. The summed E-state index contributed by atoms with van der Waals surface area (Å²) < 4.78 is 1.83. The Morgan fingerprint density at radius 2 is 2.08 bits per heavy atom. The van der Waals surface area contributed by atoms with Crippen molar-refractivity contribution in [3.63, 3.8) is 0 Å². The normalized spacial score (nSPS) is 10.4. The molecular formula is C9H10N2O. The molecule has 3 nitrogen and oxygen atoms in total. The van der Waals surface area contributed by atoms with Crippen molar-refractivity contribution in [3.8, 4) is 0 Å². The van der Waals surface area contributed by atoms with Crippen LogP contribution < -0.4 is 5.59 Å². The maximum atomic E-state index is 4.81. The van der Waals surface area contributed by atoms with Crippen molar-refractivity contribution < 1.29 is 4.84 Å². The van der Waals surface area contributed by atoms with Crippen molar-refractivity contribution in [2.75, 3.05) is 12.7 Å². The fourth-order valence-electron chi connectivity index (χ4n) is 1.26. The summed E-state index contributed by atoms with van der Waals surface area (Å²) in [4.78, 5) is 4.81. The Hall–Kier alpha value is -1.48. The first-order chi connectivity index (χ1) is 5.92. The van der Waals surface area contributed by atoms with E-state index in [0.717, 1.165) is 5.52 Å². The second kappa shape index (κ2) is 2.87. The molecule has 12 heavy (non-hydrogen) atoms. The monoisotopic (exact) mass is 162 g/mol. The van der Waals surface area contributed by atoms with Gasteiger partial charge in [-0.1, -0.05) is 18.2 Å². The van der Waals surface area contributed by atoms with Crippen LogP contribution in [0.1, 0.15) is 0 Å². The summed E-state index contributed by atoms with van der Waals surface area (Å²) in [6, 6.07) is 10.1. The first-order valence-corrected chi connectivity index (χ1v) is 3.77. The summed E-state index contributed by atoms with van der Waals surface area (Å²) in [7, 11) is 1.59. The lowest BCUT2D eigenvalue weighted by molar-refractivity contribution is 0.223. The predicted molar refractivity (Wildman–Crippen MR) is 48.3 cm³/mol. The van der Waals surface area contributed by atoms with Gasteiger partial charge in [0.1, 0.15) is 0 Å². The van der Waals surface area contributed by atoms with Gasteiger partial charge in [-0.2, -0.15) is 0 Å². The molecule has 0 spiro atoms. The zero-order chi connectivity index (χ0) is 8.39. The molecule has 1 N–H and O–H groups in total. The van der Waals surface area contributed by atoms with Crippen molar-refractivity contribution >= 4 is 10.9 Å². The summed E-state index contributed by atoms with van der Waals surface area (Å²) in [6.07, 6.45) is 1.92. The molecule has 0 fully saturated rings. The molecule has 62 valence electrons. The van der Waals surface area contributed by atoms with Crippen molar-refractivity contribution in [1.29, 1.82) is 0 Å². The summed E-state index contributed by atoms with van der Waals surface area (Å²) in [5.41, 5.74) is 3.86. The smallest absolute Gasteiger partial charge is 0.0715 e. The molecular weight excluding hydrogens is 152 g/mol. The van der Waals surface area contributed by atoms with Crippen molar-refractivity contribution in [2.45, 2.75) is 0 Å². The molecule has 0 aliphatic rings. The average molecular weight is 162 g/mol. The number of nitrogens with zero attached hydrogens (tertiary/aromatic N) is 1. The standard InChI is InChI=1S/C9H10N2O/c1-12-10-11-7-6-8-4-2-3-5-9(8)11/h2-7,10H,1H3. The zero-order valence-corrected chi connectivity index (χ0v) is 6.82. The Labute approximate surface area is 70.5 Å². The van der Waals surface area contributed by atoms with Crippen molar-refractivity contribution in [2.24, 2.45) is 0 Å². The minimum atomic E-state index is 1.11. The second-order valence-corrected chi connectivity index (χ2v) is 2.54. The van der Waals surface area contributed by atoms with Gasteiger partial charge in [0.15, 0.2) is 0 Å².